The maximum Gasteiger partial charge on any atom is 0.244 e. The van der Waals surface area contributed by atoms with Gasteiger partial charge in [0, 0.05) is 39.2 Å². The van der Waals surface area contributed by atoms with E-state index in [0.717, 1.165) is 24.2 Å². The Morgan fingerprint density at radius 1 is 1.30 bits per heavy atom. The van der Waals surface area contributed by atoms with Crippen LogP contribution in [0.3, 0.4) is 0 Å². The fraction of sp³-hybridized carbons (Fsp3) is 0.474. The van der Waals surface area contributed by atoms with Crippen molar-refractivity contribution in [3.8, 4) is 11.4 Å². The van der Waals surface area contributed by atoms with Gasteiger partial charge in [-0.3, -0.25) is 19.3 Å². The fourth-order valence-corrected chi connectivity index (χ4v) is 3.64. The molecule has 1 fully saturated rings. The van der Waals surface area contributed by atoms with E-state index < -0.39 is 0 Å². The number of carbonyl (C=O) groups is 2. The number of aryl methyl sites for hydroxylation is 1. The van der Waals surface area contributed by atoms with Gasteiger partial charge in [0.2, 0.25) is 11.8 Å². The average Bonchev–Trinajstić information content (AvgIpc) is 3.27. The molecule has 1 aromatic heterocycles. The third kappa shape index (κ3) is 4.10. The van der Waals surface area contributed by atoms with Gasteiger partial charge in [0.25, 0.3) is 0 Å². The predicted molar refractivity (Wildman–Crippen MR) is 106 cm³/mol. The SMILES string of the molecule is Cc1ccc(-c2n[nH]c(=S)n2CCC(=O)N2CCCC2C(=O)N(C)C)cc1. The summed E-state index contributed by atoms with van der Waals surface area (Å²) in [5, 5.41) is 7.13. The van der Waals surface area contributed by atoms with Crippen molar-refractivity contribution in [3.05, 3.63) is 34.6 Å². The maximum absolute atomic E-state index is 12.8. The van der Waals surface area contributed by atoms with E-state index in [4.69, 9.17) is 12.2 Å². The van der Waals surface area contributed by atoms with E-state index >= 15 is 0 Å². The van der Waals surface area contributed by atoms with Gasteiger partial charge in [-0.25, -0.2) is 0 Å². The highest BCUT2D eigenvalue weighted by Gasteiger charge is 2.34. The van der Waals surface area contributed by atoms with Gasteiger partial charge in [-0.05, 0) is 32.0 Å². The van der Waals surface area contributed by atoms with Gasteiger partial charge in [0.1, 0.15) is 6.04 Å². The number of benzene rings is 1. The second-order valence-electron chi connectivity index (χ2n) is 7.10. The van der Waals surface area contributed by atoms with Crippen LogP contribution >= 0.6 is 12.2 Å². The second kappa shape index (κ2) is 8.04. The molecule has 144 valence electrons. The number of likely N-dealkylation sites (N-methyl/N-ethyl adjacent to an activating group) is 1. The summed E-state index contributed by atoms with van der Waals surface area (Å²) >= 11 is 5.34. The third-order valence-corrected chi connectivity index (χ3v) is 5.23. The summed E-state index contributed by atoms with van der Waals surface area (Å²) in [6, 6.07) is 7.67. The number of H-pyrrole nitrogens is 1. The van der Waals surface area contributed by atoms with Crippen LogP contribution in [0.1, 0.15) is 24.8 Å². The molecule has 0 bridgehead atoms. The first-order chi connectivity index (χ1) is 12.9. The van der Waals surface area contributed by atoms with Gasteiger partial charge in [0.15, 0.2) is 10.6 Å². The van der Waals surface area contributed by atoms with Gasteiger partial charge < -0.3 is 9.80 Å². The Hall–Kier alpha value is -2.48. The molecule has 1 unspecified atom stereocenters. The quantitative estimate of drug-likeness (QED) is 0.800. The van der Waals surface area contributed by atoms with E-state index in [1.165, 1.54) is 5.56 Å². The molecule has 0 saturated carbocycles. The Morgan fingerprint density at radius 2 is 2.00 bits per heavy atom. The number of rotatable bonds is 5. The fourth-order valence-electron chi connectivity index (χ4n) is 3.42. The zero-order valence-corrected chi connectivity index (χ0v) is 16.8. The standard InChI is InChI=1S/C19H25N5O2S/c1-13-6-8-14(9-7-13)17-20-21-19(27)24(17)12-10-16(25)23-11-4-5-15(23)18(26)22(2)3/h6-9,15H,4-5,10-12H2,1-3H3,(H,21,27). The van der Waals surface area contributed by atoms with Crippen molar-refractivity contribution in [3.63, 3.8) is 0 Å². The highest BCUT2D eigenvalue weighted by atomic mass is 32.1. The Kier molecular flexibility index (Phi) is 5.74. The third-order valence-electron chi connectivity index (χ3n) is 4.92. The average molecular weight is 388 g/mol. The lowest BCUT2D eigenvalue weighted by Gasteiger charge is -2.26. The normalized spacial score (nSPS) is 16.6. The number of amides is 2. The highest BCUT2D eigenvalue weighted by Crippen LogP contribution is 2.21. The Bertz CT molecular complexity index is 884. The van der Waals surface area contributed by atoms with Crippen molar-refractivity contribution in [1.82, 2.24) is 24.6 Å². The summed E-state index contributed by atoms with van der Waals surface area (Å²) in [4.78, 5) is 28.3. The molecule has 1 aliphatic heterocycles. The van der Waals surface area contributed by atoms with Crippen LogP contribution in [-0.4, -0.2) is 63.1 Å². The molecular formula is C19H25N5O2S. The van der Waals surface area contributed by atoms with E-state index in [0.29, 0.717) is 17.9 Å². The van der Waals surface area contributed by atoms with Crippen molar-refractivity contribution in [2.24, 2.45) is 0 Å². The largest absolute Gasteiger partial charge is 0.347 e. The Labute approximate surface area is 164 Å². The summed E-state index contributed by atoms with van der Waals surface area (Å²) in [5.41, 5.74) is 2.11. The van der Waals surface area contributed by atoms with E-state index in [-0.39, 0.29) is 24.3 Å². The zero-order valence-electron chi connectivity index (χ0n) is 15.9. The minimum absolute atomic E-state index is 0.0129. The number of nitrogens with zero attached hydrogens (tertiary/aromatic N) is 4. The van der Waals surface area contributed by atoms with Crippen molar-refractivity contribution >= 4 is 24.0 Å². The minimum Gasteiger partial charge on any atom is -0.347 e. The molecule has 8 heteroatoms. The molecule has 0 spiro atoms. The summed E-state index contributed by atoms with van der Waals surface area (Å²) in [6.45, 7) is 3.09. The summed E-state index contributed by atoms with van der Waals surface area (Å²) < 4.78 is 2.33. The van der Waals surface area contributed by atoms with Crippen molar-refractivity contribution in [2.45, 2.75) is 38.8 Å². The molecule has 2 amide bonds. The zero-order chi connectivity index (χ0) is 19.6. The lowest BCUT2D eigenvalue weighted by Crippen LogP contribution is -2.45. The molecule has 1 aromatic carbocycles. The molecular weight excluding hydrogens is 362 g/mol. The van der Waals surface area contributed by atoms with Gasteiger partial charge in [0.05, 0.1) is 0 Å². The van der Waals surface area contributed by atoms with E-state index in [1.807, 2.05) is 35.8 Å². The maximum atomic E-state index is 12.8. The number of aromatic nitrogens is 3. The molecule has 0 aliphatic carbocycles. The number of carbonyl (C=O) groups excluding carboxylic acids is 2. The van der Waals surface area contributed by atoms with Crippen LogP contribution in [0.15, 0.2) is 24.3 Å². The molecule has 2 heterocycles. The molecule has 27 heavy (non-hydrogen) atoms. The molecule has 1 saturated heterocycles. The predicted octanol–water partition coefficient (Wildman–Crippen LogP) is 2.39. The Balaban J connectivity index is 1.73. The van der Waals surface area contributed by atoms with Gasteiger partial charge in [-0.15, -0.1) is 0 Å². The first kappa shape index (κ1) is 19.3. The number of hydrogen-bond donors (Lipinski definition) is 1. The molecule has 1 N–H and O–H groups in total. The van der Waals surface area contributed by atoms with Crippen LogP contribution < -0.4 is 0 Å². The van der Waals surface area contributed by atoms with Crippen LogP contribution in [0.4, 0.5) is 0 Å². The van der Waals surface area contributed by atoms with Gasteiger partial charge in [-0.1, -0.05) is 29.8 Å². The Morgan fingerprint density at radius 3 is 2.67 bits per heavy atom. The molecule has 1 atom stereocenters. The first-order valence-corrected chi connectivity index (χ1v) is 9.52. The number of hydrogen-bond acceptors (Lipinski definition) is 4. The minimum atomic E-state index is -0.346. The number of likely N-dealkylation sites (tertiary alicyclic amines) is 1. The van der Waals surface area contributed by atoms with Crippen molar-refractivity contribution < 1.29 is 9.59 Å². The molecule has 1 aliphatic rings. The van der Waals surface area contributed by atoms with E-state index in [1.54, 1.807) is 23.9 Å². The van der Waals surface area contributed by atoms with Crippen LogP contribution in [0, 0.1) is 11.7 Å². The van der Waals surface area contributed by atoms with Crippen LogP contribution in [0.5, 0.6) is 0 Å². The van der Waals surface area contributed by atoms with E-state index in [2.05, 4.69) is 10.2 Å². The second-order valence-corrected chi connectivity index (χ2v) is 7.48. The van der Waals surface area contributed by atoms with Crippen molar-refractivity contribution in [2.75, 3.05) is 20.6 Å². The topological polar surface area (TPSA) is 74.2 Å². The summed E-state index contributed by atoms with van der Waals surface area (Å²) in [6.07, 6.45) is 1.86. The first-order valence-electron chi connectivity index (χ1n) is 9.11. The van der Waals surface area contributed by atoms with E-state index in [9.17, 15) is 9.59 Å². The van der Waals surface area contributed by atoms with Crippen molar-refractivity contribution in [1.29, 1.82) is 0 Å². The molecule has 0 radical (unpaired) electrons. The molecule has 7 nitrogen and oxygen atoms in total. The lowest BCUT2D eigenvalue weighted by molar-refractivity contribution is -0.142. The monoisotopic (exact) mass is 387 g/mol. The summed E-state index contributed by atoms with van der Waals surface area (Å²) in [5.74, 6) is 0.682. The van der Waals surface area contributed by atoms with Crippen LogP contribution in [0.2, 0.25) is 0 Å². The van der Waals surface area contributed by atoms with Gasteiger partial charge in [-0.2, -0.15) is 5.10 Å². The highest BCUT2D eigenvalue weighted by molar-refractivity contribution is 7.71. The molecule has 2 aromatic rings. The smallest absolute Gasteiger partial charge is 0.244 e. The molecule has 3 rings (SSSR count). The number of aromatic amines is 1. The number of nitrogens with one attached hydrogen (secondary N) is 1. The van der Waals surface area contributed by atoms with Gasteiger partial charge >= 0.3 is 0 Å². The van der Waals surface area contributed by atoms with Crippen LogP contribution in [-0.2, 0) is 16.1 Å². The lowest BCUT2D eigenvalue weighted by atomic mass is 10.1. The van der Waals surface area contributed by atoms with Crippen LogP contribution in [0.25, 0.3) is 11.4 Å². The summed E-state index contributed by atoms with van der Waals surface area (Å²) in [7, 11) is 3.45.